The van der Waals surface area contributed by atoms with Crippen LogP contribution in [0.15, 0.2) is 109 Å². The third kappa shape index (κ3) is 5.68. The van der Waals surface area contributed by atoms with Crippen molar-refractivity contribution in [3.8, 4) is 34.1 Å². The summed E-state index contributed by atoms with van der Waals surface area (Å²) in [5.41, 5.74) is 10.3. The minimum atomic E-state index is 0.219. The minimum absolute atomic E-state index is 0.219. The van der Waals surface area contributed by atoms with E-state index in [1.165, 1.54) is 27.5 Å². The molecule has 0 N–H and O–H groups in total. The normalized spacial score (nSPS) is 13.2. The first-order valence-corrected chi connectivity index (χ1v) is 16.9. The molecule has 0 fully saturated rings. The highest BCUT2D eigenvalue weighted by Crippen LogP contribution is 2.41. The van der Waals surface area contributed by atoms with Crippen molar-refractivity contribution in [3.05, 3.63) is 132 Å². The fourth-order valence-corrected chi connectivity index (χ4v) is 7.02. The van der Waals surface area contributed by atoms with Gasteiger partial charge in [0.2, 0.25) is 0 Å². The lowest BCUT2D eigenvalue weighted by Crippen LogP contribution is -2.22. The summed E-state index contributed by atoms with van der Waals surface area (Å²) in [7, 11) is 0. The van der Waals surface area contributed by atoms with Crippen molar-refractivity contribution in [1.29, 1.82) is 0 Å². The second-order valence-corrected chi connectivity index (χ2v) is 14.3. The molecule has 0 amide bonds. The second kappa shape index (κ2) is 12.1. The molecule has 0 saturated carbocycles. The van der Waals surface area contributed by atoms with E-state index >= 15 is 0 Å². The number of hydrogen-bond donors (Lipinski definition) is 0. The zero-order valence-corrected chi connectivity index (χ0v) is 29.2. The monoisotopic (exact) mass is 632 g/mol. The van der Waals surface area contributed by atoms with Crippen molar-refractivity contribution >= 4 is 21.8 Å². The molecular weight excluding hydrogens is 589 g/mol. The number of fused-ring (bicyclic) bond motifs is 3. The molecule has 0 saturated heterocycles. The fraction of sp³-hybridized carbons (Fsp3) is 0.256. The molecule has 7 aromatic rings. The zero-order valence-electron chi connectivity index (χ0n) is 29.2. The first-order chi connectivity index (χ1) is 23.0. The van der Waals surface area contributed by atoms with Gasteiger partial charge in [-0.05, 0) is 103 Å². The summed E-state index contributed by atoms with van der Waals surface area (Å²) in [6, 6.07) is 36.1. The van der Waals surface area contributed by atoms with Crippen LogP contribution in [0.1, 0.15) is 63.1 Å². The van der Waals surface area contributed by atoms with Gasteiger partial charge in [-0.2, -0.15) is 5.10 Å². The highest BCUT2D eigenvalue weighted by atomic mass is 16.5. The number of aryl methyl sites for hydroxylation is 2. The topological polar surface area (TPSA) is 44.9 Å². The van der Waals surface area contributed by atoms with Gasteiger partial charge in [0.1, 0.15) is 17.3 Å². The third-order valence-electron chi connectivity index (χ3n) is 10.2. The van der Waals surface area contributed by atoms with Crippen molar-refractivity contribution in [2.24, 2.45) is 11.3 Å². The summed E-state index contributed by atoms with van der Waals surface area (Å²) in [4.78, 5) is 4.81. The van der Waals surface area contributed by atoms with E-state index in [9.17, 15) is 0 Å². The molecule has 2 unspecified atom stereocenters. The Kier molecular flexibility index (Phi) is 7.95. The van der Waals surface area contributed by atoms with Crippen LogP contribution < -0.4 is 4.74 Å². The van der Waals surface area contributed by atoms with Crippen molar-refractivity contribution in [1.82, 2.24) is 19.3 Å². The predicted octanol–water partition coefficient (Wildman–Crippen LogP) is 11.5. The van der Waals surface area contributed by atoms with Gasteiger partial charge in [0.05, 0.1) is 22.4 Å². The van der Waals surface area contributed by atoms with E-state index in [1.54, 1.807) is 0 Å². The third-order valence-corrected chi connectivity index (χ3v) is 10.2. The number of nitrogens with zero attached hydrogens (tertiary/aromatic N) is 4. The standard InChI is InChI=1S/C43H44N4O/c1-27-21-22-44-41(23-27)46-39-20-17-33(28(2)29(3)43(6,7)8)24-38(39)37-19-18-36(26-40(37)46)48-35-16-12-15-34(25-35)47-31(5)42(30(4)45-47)32-13-10-9-11-14-32/h9-26,28-29H,1-8H3. The summed E-state index contributed by atoms with van der Waals surface area (Å²) in [5, 5.41) is 7.33. The molecule has 5 heteroatoms. The largest absolute Gasteiger partial charge is 0.457 e. The molecule has 3 heterocycles. The predicted molar refractivity (Wildman–Crippen MR) is 199 cm³/mol. The van der Waals surface area contributed by atoms with Gasteiger partial charge in [0.15, 0.2) is 0 Å². The summed E-state index contributed by atoms with van der Waals surface area (Å²) in [5.74, 6) is 3.37. The van der Waals surface area contributed by atoms with Gasteiger partial charge < -0.3 is 4.74 Å². The molecule has 0 spiro atoms. The van der Waals surface area contributed by atoms with E-state index in [1.807, 2.05) is 35.1 Å². The van der Waals surface area contributed by atoms with E-state index in [-0.39, 0.29) is 5.41 Å². The summed E-state index contributed by atoms with van der Waals surface area (Å²) in [6.45, 7) is 18.0. The number of ether oxygens (including phenoxy) is 1. The smallest absolute Gasteiger partial charge is 0.137 e. The Balaban J connectivity index is 1.30. The van der Waals surface area contributed by atoms with Crippen molar-refractivity contribution in [3.63, 3.8) is 0 Å². The molecule has 3 aromatic heterocycles. The van der Waals surface area contributed by atoms with Crippen LogP contribution in [0.4, 0.5) is 0 Å². The average Bonchev–Trinajstić information content (AvgIpc) is 3.56. The minimum Gasteiger partial charge on any atom is -0.457 e. The quantitative estimate of drug-likeness (QED) is 0.176. The molecule has 5 nitrogen and oxygen atoms in total. The van der Waals surface area contributed by atoms with Crippen molar-refractivity contribution < 1.29 is 4.74 Å². The Bertz CT molecular complexity index is 2270. The van der Waals surface area contributed by atoms with Gasteiger partial charge in [-0.1, -0.05) is 77.1 Å². The fourth-order valence-electron chi connectivity index (χ4n) is 7.02. The van der Waals surface area contributed by atoms with Gasteiger partial charge in [0.25, 0.3) is 0 Å². The van der Waals surface area contributed by atoms with Crippen LogP contribution in [0.2, 0.25) is 0 Å². The molecule has 48 heavy (non-hydrogen) atoms. The van der Waals surface area contributed by atoms with Crippen LogP contribution in [0, 0.1) is 32.1 Å². The maximum absolute atomic E-state index is 6.58. The van der Waals surface area contributed by atoms with Crippen molar-refractivity contribution in [2.45, 2.75) is 61.3 Å². The molecule has 4 aromatic carbocycles. The van der Waals surface area contributed by atoms with Gasteiger partial charge in [-0.3, -0.25) is 4.57 Å². The molecule has 0 aliphatic heterocycles. The first-order valence-electron chi connectivity index (χ1n) is 16.9. The number of rotatable bonds is 7. The molecule has 7 rings (SSSR count). The molecule has 0 aliphatic carbocycles. The van der Waals surface area contributed by atoms with Crippen molar-refractivity contribution in [2.75, 3.05) is 0 Å². The number of aromatic nitrogens is 4. The molecule has 2 atom stereocenters. The van der Waals surface area contributed by atoms with Gasteiger partial charge in [0, 0.05) is 40.4 Å². The number of pyridine rings is 1. The first kappa shape index (κ1) is 31.4. The molecule has 0 radical (unpaired) electrons. The lowest BCUT2D eigenvalue weighted by atomic mass is 9.72. The van der Waals surface area contributed by atoms with E-state index < -0.39 is 0 Å². The summed E-state index contributed by atoms with van der Waals surface area (Å²) >= 11 is 0. The number of benzene rings is 4. The lowest BCUT2D eigenvalue weighted by Gasteiger charge is -2.32. The number of hydrogen-bond acceptors (Lipinski definition) is 3. The second-order valence-electron chi connectivity index (χ2n) is 14.3. The van der Waals surface area contributed by atoms with Crippen LogP contribution in [0.5, 0.6) is 11.5 Å². The Morgan fingerprint density at radius 2 is 1.48 bits per heavy atom. The Hall–Kier alpha value is -5.16. The molecule has 0 bridgehead atoms. The average molecular weight is 633 g/mol. The van der Waals surface area contributed by atoms with Gasteiger partial charge >= 0.3 is 0 Å². The Morgan fingerprint density at radius 3 is 2.23 bits per heavy atom. The van der Waals surface area contributed by atoms with E-state index in [2.05, 4.69) is 139 Å². The summed E-state index contributed by atoms with van der Waals surface area (Å²) in [6.07, 6.45) is 1.89. The maximum Gasteiger partial charge on any atom is 0.137 e. The van der Waals surface area contributed by atoms with Crippen LogP contribution in [0.25, 0.3) is 44.4 Å². The zero-order chi connectivity index (χ0) is 33.7. The van der Waals surface area contributed by atoms with Gasteiger partial charge in [-0.25, -0.2) is 9.67 Å². The molecular formula is C43H44N4O. The van der Waals surface area contributed by atoms with E-state index in [0.717, 1.165) is 51.0 Å². The maximum atomic E-state index is 6.58. The molecule has 242 valence electrons. The van der Waals surface area contributed by atoms with Crippen LogP contribution in [-0.2, 0) is 0 Å². The highest BCUT2D eigenvalue weighted by molar-refractivity contribution is 6.09. The van der Waals surface area contributed by atoms with Crippen LogP contribution >= 0.6 is 0 Å². The van der Waals surface area contributed by atoms with E-state index in [4.69, 9.17) is 14.8 Å². The summed E-state index contributed by atoms with van der Waals surface area (Å²) < 4.78 is 10.9. The lowest BCUT2D eigenvalue weighted by molar-refractivity contribution is 0.228. The van der Waals surface area contributed by atoms with Crippen LogP contribution in [-0.4, -0.2) is 19.3 Å². The Labute approximate surface area is 283 Å². The van der Waals surface area contributed by atoms with E-state index in [0.29, 0.717) is 11.8 Å². The van der Waals surface area contributed by atoms with Crippen LogP contribution in [0.3, 0.4) is 0 Å². The SMILES string of the molecule is Cc1ccnc(-n2c3ccc(C(C)C(C)C(C)(C)C)cc3c3ccc(Oc4cccc(-n5nc(C)c(-c6ccccc6)c5C)c4)cc32)c1. The Morgan fingerprint density at radius 1 is 0.708 bits per heavy atom. The van der Waals surface area contributed by atoms with Gasteiger partial charge in [-0.15, -0.1) is 0 Å². The molecule has 0 aliphatic rings. The highest BCUT2D eigenvalue weighted by Gasteiger charge is 2.27.